The van der Waals surface area contributed by atoms with E-state index < -0.39 is 5.97 Å². The minimum Gasteiger partial charge on any atom is -0.483 e. The van der Waals surface area contributed by atoms with Crippen molar-refractivity contribution in [2.75, 3.05) is 19.0 Å². The van der Waals surface area contributed by atoms with Gasteiger partial charge in [-0.2, -0.15) is 0 Å². The number of methoxy groups -OCH3 is 1. The van der Waals surface area contributed by atoms with E-state index in [0.29, 0.717) is 11.4 Å². The third-order valence-corrected chi connectivity index (χ3v) is 3.94. The molecule has 0 aliphatic rings. The smallest absolute Gasteiger partial charge is 0.339 e. The first kappa shape index (κ1) is 18.2. The van der Waals surface area contributed by atoms with Gasteiger partial charge in [-0.25, -0.2) is 4.79 Å². The van der Waals surface area contributed by atoms with E-state index in [-0.39, 0.29) is 18.1 Å². The van der Waals surface area contributed by atoms with Gasteiger partial charge in [-0.3, -0.25) is 4.79 Å². The molecule has 0 aliphatic heterocycles. The maximum atomic E-state index is 12.3. The molecular formula is C22H19NO4. The van der Waals surface area contributed by atoms with Crippen molar-refractivity contribution >= 4 is 17.6 Å². The molecule has 27 heavy (non-hydrogen) atoms. The number of carbonyl (C=O) groups is 2. The fourth-order valence-corrected chi connectivity index (χ4v) is 2.66. The summed E-state index contributed by atoms with van der Waals surface area (Å²) in [7, 11) is 1.30. The molecule has 0 fully saturated rings. The van der Waals surface area contributed by atoms with Crippen molar-refractivity contribution in [3.05, 3.63) is 84.4 Å². The molecule has 0 radical (unpaired) electrons. The average Bonchev–Trinajstić information content (AvgIpc) is 2.73. The molecule has 136 valence electrons. The molecule has 0 atom stereocenters. The molecule has 0 bridgehead atoms. The number of ether oxygens (including phenoxy) is 2. The zero-order chi connectivity index (χ0) is 19.1. The van der Waals surface area contributed by atoms with Gasteiger partial charge in [-0.1, -0.05) is 60.7 Å². The first-order chi connectivity index (χ1) is 13.2. The molecule has 5 nitrogen and oxygen atoms in total. The zero-order valence-corrected chi connectivity index (χ0v) is 14.8. The molecule has 1 N–H and O–H groups in total. The number of carbonyl (C=O) groups excluding carboxylic acids is 2. The van der Waals surface area contributed by atoms with Crippen molar-refractivity contribution in [2.24, 2.45) is 0 Å². The number of para-hydroxylation sites is 2. The number of rotatable bonds is 6. The topological polar surface area (TPSA) is 64.6 Å². The number of benzene rings is 3. The molecule has 0 saturated heterocycles. The van der Waals surface area contributed by atoms with E-state index in [4.69, 9.17) is 9.47 Å². The Morgan fingerprint density at radius 3 is 2.30 bits per heavy atom. The molecule has 5 heteroatoms. The summed E-state index contributed by atoms with van der Waals surface area (Å²) in [5.41, 5.74) is 2.58. The van der Waals surface area contributed by atoms with Gasteiger partial charge in [0.1, 0.15) is 5.75 Å². The number of hydrogen-bond donors (Lipinski definition) is 1. The second kappa shape index (κ2) is 8.67. The van der Waals surface area contributed by atoms with Gasteiger partial charge in [0.05, 0.1) is 18.4 Å². The van der Waals surface area contributed by atoms with Gasteiger partial charge in [0.25, 0.3) is 5.91 Å². The Hall–Kier alpha value is -3.60. The van der Waals surface area contributed by atoms with Crippen molar-refractivity contribution < 1.29 is 19.1 Å². The van der Waals surface area contributed by atoms with Crippen LogP contribution in [0.2, 0.25) is 0 Å². The number of nitrogens with one attached hydrogen (secondary N) is 1. The van der Waals surface area contributed by atoms with Crippen molar-refractivity contribution in [2.45, 2.75) is 0 Å². The van der Waals surface area contributed by atoms with Crippen LogP contribution in [0.3, 0.4) is 0 Å². The first-order valence-electron chi connectivity index (χ1n) is 8.43. The van der Waals surface area contributed by atoms with E-state index in [1.165, 1.54) is 7.11 Å². The molecule has 3 rings (SSSR count). The Kier molecular flexibility index (Phi) is 5.84. The van der Waals surface area contributed by atoms with Crippen molar-refractivity contribution in [3.63, 3.8) is 0 Å². The number of hydrogen-bond acceptors (Lipinski definition) is 4. The lowest BCUT2D eigenvalue weighted by Gasteiger charge is -2.13. The minimum atomic E-state index is -0.513. The molecule has 0 aliphatic carbocycles. The van der Waals surface area contributed by atoms with Crippen LogP contribution in [0.5, 0.6) is 5.75 Å². The summed E-state index contributed by atoms with van der Waals surface area (Å²) in [4.78, 5) is 24.1. The Bertz CT molecular complexity index is 938. The zero-order valence-electron chi connectivity index (χ0n) is 14.8. The normalized spacial score (nSPS) is 10.1. The molecule has 0 saturated carbocycles. The Morgan fingerprint density at radius 1 is 0.852 bits per heavy atom. The summed E-state index contributed by atoms with van der Waals surface area (Å²) in [6, 6.07) is 24.0. The largest absolute Gasteiger partial charge is 0.483 e. The lowest BCUT2D eigenvalue weighted by Crippen LogP contribution is -2.22. The minimum absolute atomic E-state index is 0.181. The van der Waals surface area contributed by atoms with Crippen molar-refractivity contribution in [3.8, 4) is 16.9 Å². The quantitative estimate of drug-likeness (QED) is 0.670. The third kappa shape index (κ3) is 4.52. The van der Waals surface area contributed by atoms with Crippen molar-refractivity contribution in [1.82, 2.24) is 0 Å². The summed E-state index contributed by atoms with van der Waals surface area (Å²) in [5.74, 6) is -0.268. The monoisotopic (exact) mass is 361 g/mol. The third-order valence-electron chi connectivity index (χ3n) is 3.94. The van der Waals surface area contributed by atoms with Crippen LogP contribution >= 0.6 is 0 Å². The van der Waals surface area contributed by atoms with Gasteiger partial charge < -0.3 is 14.8 Å². The Labute approximate surface area is 157 Å². The molecule has 3 aromatic rings. The second-order valence-electron chi connectivity index (χ2n) is 5.74. The SMILES string of the molecule is COC(=O)c1ccccc1NC(=O)COc1ccccc1-c1ccccc1. The van der Waals surface area contributed by atoms with E-state index >= 15 is 0 Å². The van der Waals surface area contributed by atoms with Crippen LogP contribution < -0.4 is 10.1 Å². The number of esters is 1. The lowest BCUT2D eigenvalue weighted by atomic mass is 10.1. The molecule has 0 aromatic heterocycles. The van der Waals surface area contributed by atoms with E-state index in [0.717, 1.165) is 11.1 Å². The van der Waals surface area contributed by atoms with E-state index in [9.17, 15) is 9.59 Å². The van der Waals surface area contributed by atoms with Crippen LogP contribution in [0.25, 0.3) is 11.1 Å². The molecule has 0 unspecified atom stereocenters. The summed E-state index contributed by atoms with van der Waals surface area (Å²) in [6.45, 7) is -0.181. The van der Waals surface area contributed by atoms with Crippen LogP contribution in [0.15, 0.2) is 78.9 Å². The number of anilines is 1. The fourth-order valence-electron chi connectivity index (χ4n) is 2.66. The van der Waals surface area contributed by atoms with Gasteiger partial charge >= 0.3 is 5.97 Å². The first-order valence-corrected chi connectivity index (χ1v) is 8.43. The summed E-state index contributed by atoms with van der Waals surface area (Å²) < 4.78 is 10.5. The van der Waals surface area contributed by atoms with E-state index in [1.54, 1.807) is 24.3 Å². The highest BCUT2D eigenvalue weighted by Gasteiger charge is 2.14. The standard InChI is InChI=1S/C22H19NO4/c1-26-22(25)18-12-5-7-13-19(18)23-21(24)15-27-20-14-8-6-11-17(20)16-9-3-2-4-10-16/h2-14H,15H2,1H3,(H,23,24). The van der Waals surface area contributed by atoms with E-state index in [1.807, 2.05) is 54.6 Å². The van der Waals surface area contributed by atoms with Gasteiger partial charge in [0.15, 0.2) is 6.61 Å². The summed E-state index contributed by atoms with van der Waals surface area (Å²) >= 11 is 0. The highest BCUT2D eigenvalue weighted by atomic mass is 16.5. The van der Waals surface area contributed by atoms with Crippen LogP contribution in [-0.4, -0.2) is 25.6 Å². The fraction of sp³-hybridized carbons (Fsp3) is 0.0909. The molecular weight excluding hydrogens is 342 g/mol. The van der Waals surface area contributed by atoms with Crippen molar-refractivity contribution in [1.29, 1.82) is 0 Å². The maximum absolute atomic E-state index is 12.3. The highest BCUT2D eigenvalue weighted by Crippen LogP contribution is 2.29. The van der Waals surface area contributed by atoms with Gasteiger partial charge in [-0.15, -0.1) is 0 Å². The molecule has 1 amide bonds. The molecule has 3 aromatic carbocycles. The van der Waals surface area contributed by atoms with Crippen LogP contribution in [0.1, 0.15) is 10.4 Å². The lowest BCUT2D eigenvalue weighted by molar-refractivity contribution is -0.118. The second-order valence-corrected chi connectivity index (χ2v) is 5.74. The molecule has 0 heterocycles. The summed E-state index contributed by atoms with van der Waals surface area (Å²) in [6.07, 6.45) is 0. The number of amides is 1. The predicted octanol–water partition coefficient (Wildman–Crippen LogP) is 4.16. The predicted molar refractivity (Wildman–Crippen MR) is 104 cm³/mol. The summed E-state index contributed by atoms with van der Waals surface area (Å²) in [5, 5.41) is 2.69. The van der Waals surface area contributed by atoms with Crippen LogP contribution in [0.4, 0.5) is 5.69 Å². The van der Waals surface area contributed by atoms with Crippen LogP contribution in [0, 0.1) is 0 Å². The van der Waals surface area contributed by atoms with Gasteiger partial charge in [0, 0.05) is 5.56 Å². The maximum Gasteiger partial charge on any atom is 0.339 e. The highest BCUT2D eigenvalue weighted by molar-refractivity contribution is 6.01. The van der Waals surface area contributed by atoms with E-state index in [2.05, 4.69) is 5.32 Å². The van der Waals surface area contributed by atoms with Gasteiger partial charge in [0.2, 0.25) is 0 Å². The van der Waals surface area contributed by atoms with Gasteiger partial charge in [-0.05, 0) is 23.8 Å². The Balaban J connectivity index is 1.70. The van der Waals surface area contributed by atoms with Crippen LogP contribution in [-0.2, 0) is 9.53 Å². The average molecular weight is 361 g/mol. The Morgan fingerprint density at radius 2 is 1.52 bits per heavy atom. The molecule has 0 spiro atoms.